The van der Waals surface area contributed by atoms with Crippen molar-refractivity contribution in [3.05, 3.63) is 58.7 Å². The van der Waals surface area contributed by atoms with Gasteiger partial charge in [-0.15, -0.1) is 0 Å². The molecule has 0 aliphatic rings. The van der Waals surface area contributed by atoms with Crippen LogP contribution in [-0.4, -0.2) is 17.2 Å². The van der Waals surface area contributed by atoms with Crippen LogP contribution in [0.1, 0.15) is 22.3 Å². The lowest BCUT2D eigenvalue weighted by atomic mass is 9.80. The van der Waals surface area contributed by atoms with Crippen molar-refractivity contribution >= 4 is 12.6 Å². The van der Waals surface area contributed by atoms with E-state index < -0.39 is 7.12 Å². The molecule has 0 amide bonds. The van der Waals surface area contributed by atoms with Crippen LogP contribution in [0.5, 0.6) is 5.75 Å². The normalized spacial score (nSPS) is 10.4. The first-order valence-corrected chi connectivity index (χ1v) is 6.63. The predicted octanol–water partition coefficient (Wildman–Crippen LogP) is 1.87. The van der Waals surface area contributed by atoms with Crippen molar-refractivity contribution in [2.45, 2.75) is 27.4 Å². The van der Waals surface area contributed by atoms with E-state index in [0.29, 0.717) is 17.8 Å². The van der Waals surface area contributed by atoms with Gasteiger partial charge in [-0.2, -0.15) is 0 Å². The Balaban J connectivity index is 2.15. The van der Waals surface area contributed by atoms with Crippen LogP contribution in [0.2, 0.25) is 0 Å². The summed E-state index contributed by atoms with van der Waals surface area (Å²) in [6.45, 7) is 6.71. The molecule has 20 heavy (non-hydrogen) atoms. The van der Waals surface area contributed by atoms with Crippen LogP contribution in [0.25, 0.3) is 0 Å². The summed E-state index contributed by atoms with van der Waals surface area (Å²) < 4.78 is 5.76. The van der Waals surface area contributed by atoms with Crippen LogP contribution in [-0.2, 0) is 6.61 Å². The monoisotopic (exact) mass is 270 g/mol. The average molecular weight is 270 g/mol. The summed E-state index contributed by atoms with van der Waals surface area (Å²) in [5.74, 6) is 0.634. The Bertz CT molecular complexity index is 585. The second kappa shape index (κ2) is 6.12. The Morgan fingerprint density at radius 2 is 1.65 bits per heavy atom. The largest absolute Gasteiger partial charge is 0.489 e. The first-order chi connectivity index (χ1) is 9.47. The fourth-order valence-corrected chi connectivity index (χ4v) is 2.36. The van der Waals surface area contributed by atoms with E-state index in [1.54, 1.807) is 18.2 Å². The smallest absolute Gasteiger partial charge is 0.488 e. The zero-order valence-electron chi connectivity index (χ0n) is 12.1. The Morgan fingerprint density at radius 1 is 1.00 bits per heavy atom. The van der Waals surface area contributed by atoms with Crippen molar-refractivity contribution in [3.63, 3.8) is 0 Å². The molecule has 0 bridgehead atoms. The number of ether oxygens (including phenoxy) is 1. The molecule has 2 N–H and O–H groups in total. The van der Waals surface area contributed by atoms with E-state index in [-0.39, 0.29) is 0 Å². The number of hydrogen-bond acceptors (Lipinski definition) is 3. The molecule has 104 valence electrons. The van der Waals surface area contributed by atoms with Gasteiger partial charge in [0.2, 0.25) is 0 Å². The molecule has 0 atom stereocenters. The summed E-state index contributed by atoms with van der Waals surface area (Å²) in [7, 11) is -1.47. The van der Waals surface area contributed by atoms with E-state index in [1.807, 2.05) is 6.07 Å². The van der Waals surface area contributed by atoms with Crippen molar-refractivity contribution < 1.29 is 14.8 Å². The lowest BCUT2D eigenvalue weighted by Crippen LogP contribution is -2.29. The first-order valence-electron chi connectivity index (χ1n) is 6.63. The highest BCUT2D eigenvalue weighted by molar-refractivity contribution is 6.58. The molecule has 0 fully saturated rings. The second-order valence-corrected chi connectivity index (χ2v) is 5.11. The van der Waals surface area contributed by atoms with Crippen LogP contribution in [0, 0.1) is 20.8 Å². The van der Waals surface area contributed by atoms with Gasteiger partial charge in [-0.3, -0.25) is 0 Å². The highest BCUT2D eigenvalue weighted by Gasteiger charge is 2.11. The molecule has 0 radical (unpaired) electrons. The van der Waals surface area contributed by atoms with E-state index in [9.17, 15) is 0 Å². The van der Waals surface area contributed by atoms with Gasteiger partial charge in [-0.05, 0) is 55.1 Å². The predicted molar refractivity (Wildman–Crippen MR) is 81.3 cm³/mol. The van der Waals surface area contributed by atoms with Crippen molar-refractivity contribution in [2.75, 3.05) is 0 Å². The highest BCUT2D eigenvalue weighted by Crippen LogP contribution is 2.19. The molecule has 0 saturated heterocycles. The quantitative estimate of drug-likeness (QED) is 0.834. The third-order valence-corrected chi connectivity index (χ3v) is 3.38. The maximum absolute atomic E-state index is 9.15. The van der Waals surface area contributed by atoms with E-state index in [0.717, 1.165) is 0 Å². The minimum absolute atomic E-state index is 0.430. The van der Waals surface area contributed by atoms with Crippen LogP contribution >= 0.6 is 0 Å². The molecule has 0 heterocycles. The number of aryl methyl sites for hydroxylation is 3. The number of rotatable bonds is 4. The fraction of sp³-hybridized carbons (Fsp3) is 0.250. The summed E-state index contributed by atoms with van der Waals surface area (Å²) in [6, 6.07) is 11.1. The molecule has 3 nitrogen and oxygen atoms in total. The van der Waals surface area contributed by atoms with Crippen molar-refractivity contribution in [3.8, 4) is 5.75 Å². The Kier molecular flexibility index (Phi) is 4.48. The lowest BCUT2D eigenvalue weighted by molar-refractivity contribution is 0.304. The van der Waals surface area contributed by atoms with E-state index >= 15 is 0 Å². The summed E-state index contributed by atoms with van der Waals surface area (Å²) in [5.41, 5.74) is 5.27. The number of hydrogen-bond donors (Lipinski definition) is 2. The second-order valence-electron chi connectivity index (χ2n) is 5.11. The summed E-state index contributed by atoms with van der Waals surface area (Å²) in [6.07, 6.45) is 0. The van der Waals surface area contributed by atoms with Gasteiger partial charge in [0.05, 0.1) is 0 Å². The van der Waals surface area contributed by atoms with Gasteiger partial charge in [0.25, 0.3) is 0 Å². The highest BCUT2D eigenvalue weighted by atomic mass is 16.5. The van der Waals surface area contributed by atoms with E-state index in [4.69, 9.17) is 14.8 Å². The third kappa shape index (κ3) is 3.41. The molecule has 0 spiro atoms. The van der Waals surface area contributed by atoms with Crippen molar-refractivity contribution in [2.24, 2.45) is 0 Å². The Morgan fingerprint density at radius 3 is 2.25 bits per heavy atom. The van der Waals surface area contributed by atoms with Gasteiger partial charge in [-0.1, -0.05) is 29.8 Å². The summed E-state index contributed by atoms with van der Waals surface area (Å²) in [4.78, 5) is 0. The zero-order chi connectivity index (χ0) is 14.7. The Labute approximate surface area is 120 Å². The van der Waals surface area contributed by atoms with Crippen LogP contribution in [0.3, 0.4) is 0 Å². The molecule has 0 aliphatic heterocycles. The van der Waals surface area contributed by atoms with Gasteiger partial charge in [0, 0.05) is 0 Å². The average Bonchev–Trinajstić information content (AvgIpc) is 2.37. The molecule has 4 heteroatoms. The molecule has 0 aliphatic carbocycles. The molecule has 2 aromatic rings. The van der Waals surface area contributed by atoms with E-state index in [2.05, 4.69) is 32.9 Å². The minimum Gasteiger partial charge on any atom is -0.489 e. The van der Waals surface area contributed by atoms with Crippen molar-refractivity contribution in [1.29, 1.82) is 0 Å². The zero-order valence-corrected chi connectivity index (χ0v) is 12.1. The molecule has 2 rings (SSSR count). The van der Waals surface area contributed by atoms with Crippen LogP contribution in [0.4, 0.5) is 0 Å². The fourth-order valence-electron chi connectivity index (χ4n) is 2.36. The SMILES string of the molecule is Cc1cc(C)c(COc2cccc(B(O)O)c2)c(C)c1. The summed E-state index contributed by atoms with van der Waals surface area (Å²) in [5, 5.41) is 18.3. The topological polar surface area (TPSA) is 49.7 Å². The lowest BCUT2D eigenvalue weighted by Gasteiger charge is -2.13. The number of benzene rings is 2. The molecular weight excluding hydrogens is 251 g/mol. The van der Waals surface area contributed by atoms with E-state index in [1.165, 1.54) is 22.3 Å². The standard InChI is InChI=1S/C16H19BO3/c1-11-7-12(2)16(13(3)8-11)10-20-15-6-4-5-14(9-15)17(18)19/h4-9,18-19H,10H2,1-3H3. The van der Waals surface area contributed by atoms with Crippen LogP contribution < -0.4 is 10.2 Å². The van der Waals surface area contributed by atoms with Gasteiger partial charge in [0.1, 0.15) is 12.4 Å². The van der Waals surface area contributed by atoms with Gasteiger partial charge < -0.3 is 14.8 Å². The summed E-state index contributed by atoms with van der Waals surface area (Å²) >= 11 is 0. The van der Waals surface area contributed by atoms with Crippen LogP contribution in [0.15, 0.2) is 36.4 Å². The molecule has 2 aromatic carbocycles. The van der Waals surface area contributed by atoms with Crippen molar-refractivity contribution in [1.82, 2.24) is 0 Å². The molecular formula is C16H19BO3. The molecule has 0 aromatic heterocycles. The third-order valence-electron chi connectivity index (χ3n) is 3.38. The van der Waals surface area contributed by atoms with Gasteiger partial charge >= 0.3 is 7.12 Å². The molecule has 0 unspecified atom stereocenters. The van der Waals surface area contributed by atoms with Gasteiger partial charge in [0.15, 0.2) is 0 Å². The maximum Gasteiger partial charge on any atom is 0.488 e. The minimum atomic E-state index is -1.47. The molecule has 0 saturated carbocycles. The Hall–Kier alpha value is -1.78. The maximum atomic E-state index is 9.15. The van der Waals surface area contributed by atoms with Gasteiger partial charge in [-0.25, -0.2) is 0 Å². The first kappa shape index (κ1) is 14.6.